The third kappa shape index (κ3) is 2.78. The van der Waals surface area contributed by atoms with Gasteiger partial charge >= 0.3 is 0 Å². The first-order valence-corrected chi connectivity index (χ1v) is 7.97. The minimum Gasteiger partial charge on any atom is -0.506 e. The molecule has 3 rings (SSSR count). The van der Waals surface area contributed by atoms with Gasteiger partial charge in [-0.2, -0.15) is 0 Å². The van der Waals surface area contributed by atoms with Crippen LogP contribution in [0.2, 0.25) is 0 Å². The predicted molar refractivity (Wildman–Crippen MR) is 91.5 cm³/mol. The summed E-state index contributed by atoms with van der Waals surface area (Å²) in [5, 5.41) is 13.3. The molecule has 1 heterocycles. The first-order chi connectivity index (χ1) is 10.1. The predicted octanol–water partition coefficient (Wildman–Crippen LogP) is 4.42. The van der Waals surface area contributed by atoms with Crippen molar-refractivity contribution in [2.45, 2.75) is 6.54 Å². The Kier molecular flexibility index (Phi) is 3.91. The van der Waals surface area contributed by atoms with Gasteiger partial charge in [-0.3, -0.25) is 0 Å². The number of nitrogens with one attached hydrogen (secondary N) is 1. The van der Waals surface area contributed by atoms with E-state index in [9.17, 15) is 5.11 Å². The highest BCUT2D eigenvalue weighted by atomic mass is 79.9. The zero-order valence-corrected chi connectivity index (χ0v) is 14.4. The fourth-order valence-corrected chi connectivity index (χ4v) is 3.55. The van der Waals surface area contributed by atoms with E-state index >= 15 is 0 Å². The number of fused-ring (bicyclic) bond motifs is 1. The number of phenols is 1. The number of halogens is 2. The Bertz CT molecular complexity index is 814. The second-order valence-corrected chi connectivity index (χ2v) is 6.50. The van der Waals surface area contributed by atoms with Gasteiger partial charge in [0, 0.05) is 23.6 Å². The van der Waals surface area contributed by atoms with Gasteiger partial charge in [-0.25, -0.2) is 4.98 Å². The van der Waals surface area contributed by atoms with E-state index < -0.39 is 0 Å². The molecule has 0 aliphatic heterocycles. The molecule has 1 aromatic heterocycles. The summed E-state index contributed by atoms with van der Waals surface area (Å²) in [5.41, 5.74) is 2.81. The maximum atomic E-state index is 10.1. The summed E-state index contributed by atoms with van der Waals surface area (Å²) in [5.74, 6) is 1.01. The van der Waals surface area contributed by atoms with E-state index in [1.54, 1.807) is 0 Å². The molecule has 3 aromatic rings. The molecule has 0 aliphatic carbocycles. The van der Waals surface area contributed by atoms with Gasteiger partial charge in [0.15, 0.2) is 0 Å². The number of aromatic hydroxyl groups is 1. The maximum Gasteiger partial charge on any atom is 0.203 e. The van der Waals surface area contributed by atoms with Crippen molar-refractivity contribution < 1.29 is 5.11 Å². The van der Waals surface area contributed by atoms with E-state index in [-0.39, 0.29) is 5.75 Å². The number of nitrogens with zero attached hydrogens (tertiary/aromatic N) is 2. The van der Waals surface area contributed by atoms with Crippen molar-refractivity contribution in [1.82, 2.24) is 9.55 Å². The van der Waals surface area contributed by atoms with Crippen molar-refractivity contribution in [1.29, 1.82) is 0 Å². The van der Waals surface area contributed by atoms with Crippen LogP contribution in [0.15, 0.2) is 45.3 Å². The third-order valence-electron chi connectivity index (χ3n) is 3.33. The number of benzene rings is 2. The van der Waals surface area contributed by atoms with E-state index in [0.29, 0.717) is 11.0 Å². The molecule has 0 unspecified atom stereocenters. The molecule has 0 bridgehead atoms. The fourth-order valence-electron chi connectivity index (χ4n) is 2.23. The van der Waals surface area contributed by atoms with Gasteiger partial charge in [0.1, 0.15) is 5.75 Å². The number of imidazole rings is 1. The summed E-state index contributed by atoms with van der Waals surface area (Å²) >= 11 is 6.76. The van der Waals surface area contributed by atoms with E-state index in [2.05, 4.69) is 42.2 Å². The summed E-state index contributed by atoms with van der Waals surface area (Å²) in [6.45, 7) is 0.487. The average molecular weight is 411 g/mol. The van der Waals surface area contributed by atoms with Crippen LogP contribution in [0.4, 0.5) is 5.95 Å². The number of aromatic nitrogens is 2. The number of para-hydroxylation sites is 2. The molecule has 2 N–H and O–H groups in total. The maximum absolute atomic E-state index is 10.1. The minimum absolute atomic E-state index is 0.240. The van der Waals surface area contributed by atoms with Gasteiger partial charge in [-0.15, -0.1) is 0 Å². The molecule has 0 atom stereocenters. The molecular formula is C15H13Br2N3O. The van der Waals surface area contributed by atoms with Crippen LogP contribution < -0.4 is 5.32 Å². The molecule has 0 aliphatic rings. The lowest BCUT2D eigenvalue weighted by molar-refractivity contribution is 0.465. The number of hydrogen-bond acceptors (Lipinski definition) is 3. The molecule has 0 saturated heterocycles. The van der Waals surface area contributed by atoms with Crippen molar-refractivity contribution in [3.05, 3.63) is 50.9 Å². The first kappa shape index (κ1) is 14.4. The number of phenolic OH excluding ortho intramolecular Hbond substituents is 1. The lowest BCUT2D eigenvalue weighted by atomic mass is 10.2. The van der Waals surface area contributed by atoms with Crippen LogP contribution in [0, 0.1) is 0 Å². The molecule has 2 aromatic carbocycles. The molecular weight excluding hydrogens is 398 g/mol. The molecule has 0 radical (unpaired) electrons. The summed E-state index contributed by atoms with van der Waals surface area (Å²) < 4.78 is 3.58. The van der Waals surface area contributed by atoms with E-state index in [1.165, 1.54) is 0 Å². The van der Waals surface area contributed by atoms with Gasteiger partial charge in [0.2, 0.25) is 5.95 Å². The van der Waals surface area contributed by atoms with Gasteiger partial charge in [-0.1, -0.05) is 28.1 Å². The second-order valence-electron chi connectivity index (χ2n) is 4.73. The van der Waals surface area contributed by atoms with E-state index in [0.717, 1.165) is 27.0 Å². The van der Waals surface area contributed by atoms with Crippen LogP contribution >= 0.6 is 31.9 Å². The summed E-state index contributed by atoms with van der Waals surface area (Å²) in [7, 11) is 1.97. The van der Waals surface area contributed by atoms with Crippen LogP contribution in [-0.2, 0) is 13.6 Å². The monoisotopic (exact) mass is 409 g/mol. The smallest absolute Gasteiger partial charge is 0.203 e. The zero-order chi connectivity index (χ0) is 15.0. The van der Waals surface area contributed by atoms with Gasteiger partial charge in [-0.05, 0) is 40.2 Å². The van der Waals surface area contributed by atoms with Crippen LogP contribution in [0.3, 0.4) is 0 Å². The molecule has 4 nitrogen and oxygen atoms in total. The number of hydrogen-bond donors (Lipinski definition) is 2. The molecule has 0 amide bonds. The Hall–Kier alpha value is -1.53. The molecule has 0 fully saturated rings. The number of aryl methyl sites for hydroxylation is 1. The highest BCUT2D eigenvalue weighted by molar-refractivity contribution is 9.11. The SMILES string of the molecule is Cn1c(NCc2cc(Br)cc(Br)c2O)nc2ccccc21. The van der Waals surface area contributed by atoms with Crippen LogP contribution in [-0.4, -0.2) is 14.7 Å². The Morgan fingerprint density at radius 3 is 2.76 bits per heavy atom. The molecule has 108 valence electrons. The normalized spacial score (nSPS) is 11.0. The lowest BCUT2D eigenvalue weighted by Gasteiger charge is -2.10. The number of anilines is 1. The molecule has 21 heavy (non-hydrogen) atoms. The molecule has 0 spiro atoms. The summed E-state index contributed by atoms with van der Waals surface area (Å²) in [4.78, 5) is 4.55. The quantitative estimate of drug-likeness (QED) is 0.672. The van der Waals surface area contributed by atoms with Crippen molar-refractivity contribution >= 4 is 48.8 Å². The van der Waals surface area contributed by atoms with Gasteiger partial charge in [0.05, 0.1) is 15.5 Å². The van der Waals surface area contributed by atoms with E-state index in [1.807, 2.05) is 48.0 Å². The summed E-state index contributed by atoms with van der Waals surface area (Å²) in [6.07, 6.45) is 0. The lowest BCUT2D eigenvalue weighted by Crippen LogP contribution is -2.05. The largest absolute Gasteiger partial charge is 0.506 e. The van der Waals surface area contributed by atoms with Crippen molar-refractivity contribution in [2.24, 2.45) is 7.05 Å². The highest BCUT2D eigenvalue weighted by Crippen LogP contribution is 2.32. The average Bonchev–Trinajstić information content (AvgIpc) is 2.78. The highest BCUT2D eigenvalue weighted by Gasteiger charge is 2.10. The topological polar surface area (TPSA) is 50.1 Å². The van der Waals surface area contributed by atoms with Crippen molar-refractivity contribution in [2.75, 3.05) is 5.32 Å². The Labute approximate surface area is 139 Å². The van der Waals surface area contributed by atoms with Crippen LogP contribution in [0.1, 0.15) is 5.56 Å². The summed E-state index contributed by atoms with van der Waals surface area (Å²) in [6, 6.07) is 11.7. The first-order valence-electron chi connectivity index (χ1n) is 6.38. The van der Waals surface area contributed by atoms with Crippen molar-refractivity contribution in [3.8, 4) is 5.75 Å². The van der Waals surface area contributed by atoms with Gasteiger partial charge < -0.3 is 15.0 Å². The van der Waals surface area contributed by atoms with Crippen LogP contribution in [0.25, 0.3) is 11.0 Å². The Morgan fingerprint density at radius 2 is 2.00 bits per heavy atom. The minimum atomic E-state index is 0.240. The number of rotatable bonds is 3. The molecule has 6 heteroatoms. The third-order valence-corrected chi connectivity index (χ3v) is 4.39. The van der Waals surface area contributed by atoms with E-state index in [4.69, 9.17) is 0 Å². The van der Waals surface area contributed by atoms with Crippen LogP contribution in [0.5, 0.6) is 5.75 Å². The van der Waals surface area contributed by atoms with Gasteiger partial charge in [0.25, 0.3) is 0 Å². The second kappa shape index (κ2) is 5.69. The van der Waals surface area contributed by atoms with Crippen molar-refractivity contribution in [3.63, 3.8) is 0 Å². The Morgan fingerprint density at radius 1 is 1.24 bits per heavy atom. The fraction of sp³-hybridized carbons (Fsp3) is 0.133. The zero-order valence-electron chi connectivity index (χ0n) is 11.3. The standard InChI is InChI=1S/C15H13Br2N3O/c1-20-13-5-3-2-4-12(13)19-15(20)18-8-9-6-10(16)7-11(17)14(9)21/h2-7,21H,8H2,1H3,(H,18,19). The Balaban J connectivity index is 1.89. The molecule has 0 saturated carbocycles.